The molecule has 0 aliphatic carbocycles. The first kappa shape index (κ1) is 35.9. The number of rotatable bonds is 14. The van der Waals surface area contributed by atoms with Crippen molar-refractivity contribution in [2.75, 3.05) is 0 Å². The van der Waals surface area contributed by atoms with Gasteiger partial charge in [-0.25, -0.2) is 14.4 Å². The van der Waals surface area contributed by atoms with E-state index >= 15 is 0 Å². The van der Waals surface area contributed by atoms with E-state index in [1.165, 1.54) is 12.1 Å². The van der Waals surface area contributed by atoms with Crippen LogP contribution in [0.15, 0.2) is 146 Å². The first-order chi connectivity index (χ1) is 24.9. The molecular weight excluding hydrogens is 648 g/mol. The fourth-order valence-corrected chi connectivity index (χ4v) is 5.20. The highest BCUT2D eigenvalue weighted by atomic mass is 16.6. The third kappa shape index (κ3) is 11.0. The number of aromatic hydroxyl groups is 1. The third-order valence-corrected chi connectivity index (χ3v) is 7.89. The van der Waals surface area contributed by atoms with Crippen LogP contribution in [0.5, 0.6) is 5.75 Å². The first-order valence-electron chi connectivity index (χ1n) is 16.4. The van der Waals surface area contributed by atoms with Crippen molar-refractivity contribution < 1.29 is 38.5 Å². The van der Waals surface area contributed by atoms with Gasteiger partial charge in [-0.2, -0.15) is 4.90 Å². The molecule has 0 fully saturated rings. The maximum absolute atomic E-state index is 14.4. The summed E-state index contributed by atoms with van der Waals surface area (Å²) in [6.07, 6.45) is -2.36. The van der Waals surface area contributed by atoms with Gasteiger partial charge in [-0.15, -0.1) is 0 Å². The second-order valence-corrected chi connectivity index (χ2v) is 11.7. The molecule has 51 heavy (non-hydrogen) atoms. The molecule has 0 aliphatic rings. The Bertz CT molecular complexity index is 1800. The summed E-state index contributed by atoms with van der Waals surface area (Å²) in [5, 5.41) is 12.7. The van der Waals surface area contributed by atoms with Gasteiger partial charge in [0.2, 0.25) is 5.91 Å². The van der Waals surface area contributed by atoms with Crippen molar-refractivity contribution in [3.05, 3.63) is 173 Å². The van der Waals surface area contributed by atoms with Gasteiger partial charge in [-0.3, -0.25) is 4.79 Å². The number of hydrogen-bond donors (Lipinski definition) is 2. The van der Waals surface area contributed by atoms with E-state index in [9.17, 15) is 24.3 Å². The van der Waals surface area contributed by atoms with Gasteiger partial charge < -0.3 is 24.6 Å². The lowest BCUT2D eigenvalue weighted by molar-refractivity contribution is -0.149. The summed E-state index contributed by atoms with van der Waals surface area (Å²) in [7, 11) is 0. The van der Waals surface area contributed by atoms with E-state index in [1.807, 2.05) is 72.8 Å². The second kappa shape index (κ2) is 18.4. The highest BCUT2D eigenvalue weighted by molar-refractivity contribution is 5.97. The monoisotopic (exact) mass is 686 g/mol. The van der Waals surface area contributed by atoms with Gasteiger partial charge >= 0.3 is 18.2 Å². The van der Waals surface area contributed by atoms with Crippen molar-refractivity contribution in [1.29, 1.82) is 0 Å². The number of phenolic OH excluding ortho intramolecular Hbond substituents is 1. The minimum atomic E-state index is -1.54. The van der Waals surface area contributed by atoms with Crippen molar-refractivity contribution in [1.82, 2.24) is 10.2 Å². The van der Waals surface area contributed by atoms with Crippen molar-refractivity contribution >= 4 is 24.1 Å². The van der Waals surface area contributed by atoms with Gasteiger partial charge in [0.1, 0.15) is 37.7 Å². The van der Waals surface area contributed by atoms with E-state index in [0.717, 1.165) is 11.1 Å². The molecular formula is C41H38N2O8. The fourth-order valence-electron chi connectivity index (χ4n) is 5.20. The normalized spacial score (nSPS) is 11.8. The highest BCUT2D eigenvalue weighted by Crippen LogP contribution is 2.19. The van der Waals surface area contributed by atoms with E-state index in [-0.39, 0.29) is 38.4 Å². The zero-order valence-corrected chi connectivity index (χ0v) is 27.8. The summed E-state index contributed by atoms with van der Waals surface area (Å²) >= 11 is 0. The lowest BCUT2D eigenvalue weighted by Crippen LogP contribution is -2.56. The Morgan fingerprint density at radius 2 is 0.902 bits per heavy atom. The first-order valence-corrected chi connectivity index (χ1v) is 16.4. The van der Waals surface area contributed by atoms with Crippen LogP contribution in [0.2, 0.25) is 0 Å². The van der Waals surface area contributed by atoms with Crippen LogP contribution in [0, 0.1) is 0 Å². The van der Waals surface area contributed by atoms with Crippen LogP contribution in [-0.2, 0) is 56.5 Å². The molecule has 0 saturated carbocycles. The number of carbonyl (C=O) groups is 4. The Kier molecular flexibility index (Phi) is 12.9. The zero-order valence-electron chi connectivity index (χ0n) is 27.8. The van der Waals surface area contributed by atoms with Gasteiger partial charge in [0.05, 0.1) is 0 Å². The van der Waals surface area contributed by atoms with Crippen molar-refractivity contribution in [2.24, 2.45) is 0 Å². The highest BCUT2D eigenvalue weighted by Gasteiger charge is 2.39. The molecule has 10 nitrogen and oxygen atoms in total. The summed E-state index contributed by atoms with van der Waals surface area (Å²) < 4.78 is 16.7. The molecule has 5 aromatic rings. The average molecular weight is 687 g/mol. The molecule has 0 saturated heterocycles. The van der Waals surface area contributed by atoms with Gasteiger partial charge in [0.25, 0.3) is 0 Å². The topological polar surface area (TPSA) is 131 Å². The number of hydrogen-bond acceptors (Lipinski definition) is 8. The van der Waals surface area contributed by atoms with E-state index in [2.05, 4.69) is 5.32 Å². The van der Waals surface area contributed by atoms with E-state index in [4.69, 9.17) is 14.2 Å². The maximum atomic E-state index is 14.4. The molecule has 0 unspecified atom stereocenters. The minimum Gasteiger partial charge on any atom is -0.508 e. The number of ether oxygens (including phenoxy) is 3. The lowest BCUT2D eigenvalue weighted by Gasteiger charge is -2.29. The van der Waals surface area contributed by atoms with Crippen LogP contribution in [0.25, 0.3) is 0 Å². The maximum Gasteiger partial charge on any atom is 0.420 e. The summed E-state index contributed by atoms with van der Waals surface area (Å²) in [5.41, 5.74) is 3.33. The van der Waals surface area contributed by atoms with Crippen molar-refractivity contribution in [2.45, 2.75) is 44.7 Å². The molecule has 2 atom stereocenters. The van der Waals surface area contributed by atoms with Gasteiger partial charge in [-0.05, 0) is 39.9 Å². The second-order valence-electron chi connectivity index (χ2n) is 11.7. The molecule has 260 valence electrons. The van der Waals surface area contributed by atoms with E-state index in [1.54, 1.807) is 60.7 Å². The summed E-state index contributed by atoms with van der Waals surface area (Å²) in [5.74, 6) is -1.54. The molecule has 10 heteroatoms. The molecule has 0 aliphatic heterocycles. The zero-order chi connectivity index (χ0) is 35.8. The van der Waals surface area contributed by atoms with Gasteiger partial charge in [0.15, 0.2) is 0 Å². The predicted molar refractivity (Wildman–Crippen MR) is 189 cm³/mol. The van der Waals surface area contributed by atoms with Crippen LogP contribution in [0.4, 0.5) is 9.59 Å². The Balaban J connectivity index is 1.45. The Labute approximate surface area is 296 Å². The summed E-state index contributed by atoms with van der Waals surface area (Å²) in [6, 6.07) is 39.2. The SMILES string of the molecule is O=C(OCc1ccccc1)[C@H](Cc1ccccc1)NC(=O)[C@@H](Cc1ccc(O)cc1)N(C(=O)OCc1ccccc1)C(=O)OCc1ccccc1. The molecule has 0 radical (unpaired) electrons. The fraction of sp³-hybridized carbons (Fsp3) is 0.171. The van der Waals surface area contributed by atoms with Gasteiger partial charge in [-0.1, -0.05) is 133 Å². The smallest absolute Gasteiger partial charge is 0.420 e. The van der Waals surface area contributed by atoms with Gasteiger partial charge in [0, 0.05) is 12.8 Å². The quantitative estimate of drug-likeness (QED) is 0.0969. The Hall–Kier alpha value is -6.42. The van der Waals surface area contributed by atoms with Crippen LogP contribution in [0.1, 0.15) is 27.8 Å². The largest absolute Gasteiger partial charge is 0.508 e. The number of carbonyl (C=O) groups excluding carboxylic acids is 4. The van der Waals surface area contributed by atoms with E-state index < -0.39 is 36.1 Å². The number of amides is 3. The summed E-state index contributed by atoms with van der Waals surface area (Å²) in [6.45, 7) is -0.391. The number of phenols is 1. The van der Waals surface area contributed by atoms with Crippen molar-refractivity contribution in [3.63, 3.8) is 0 Å². The molecule has 3 amide bonds. The minimum absolute atomic E-state index is 0.00904. The Morgan fingerprint density at radius 1 is 0.510 bits per heavy atom. The standard InChI is InChI=1S/C41H38N2O8/c44-35-23-21-31(22-24-35)26-37(38(45)42-36(25-30-13-5-1-6-14-30)39(46)49-27-32-15-7-2-8-16-32)43(40(47)50-28-33-17-9-3-10-18-33)41(48)51-29-34-19-11-4-12-20-34/h1-24,36-37,44H,25-29H2,(H,42,45)/t36-,37+/m0/s1. The predicted octanol–water partition coefficient (Wildman–Crippen LogP) is 6.75. The number of esters is 1. The van der Waals surface area contributed by atoms with Crippen LogP contribution >= 0.6 is 0 Å². The lowest BCUT2D eigenvalue weighted by atomic mass is 10.0. The molecule has 0 aromatic heterocycles. The number of imide groups is 1. The number of nitrogens with zero attached hydrogens (tertiary/aromatic N) is 1. The molecule has 5 aromatic carbocycles. The molecule has 5 rings (SSSR count). The van der Waals surface area contributed by atoms with Crippen LogP contribution in [-0.4, -0.2) is 46.2 Å². The van der Waals surface area contributed by atoms with Crippen LogP contribution in [0.3, 0.4) is 0 Å². The van der Waals surface area contributed by atoms with Crippen LogP contribution < -0.4 is 5.32 Å². The third-order valence-electron chi connectivity index (χ3n) is 7.89. The molecule has 0 bridgehead atoms. The molecule has 0 heterocycles. The van der Waals surface area contributed by atoms with E-state index in [0.29, 0.717) is 21.6 Å². The Morgan fingerprint density at radius 3 is 1.35 bits per heavy atom. The van der Waals surface area contributed by atoms with Crippen molar-refractivity contribution in [3.8, 4) is 5.75 Å². The molecule has 0 spiro atoms. The average Bonchev–Trinajstić information content (AvgIpc) is 3.17. The number of benzene rings is 5. The summed E-state index contributed by atoms with van der Waals surface area (Å²) in [4.78, 5) is 56.2. The number of nitrogens with one attached hydrogen (secondary N) is 1. The molecule has 2 N–H and O–H groups in total.